The van der Waals surface area contributed by atoms with Gasteiger partial charge in [-0.15, -0.1) is 0 Å². The van der Waals surface area contributed by atoms with Crippen LogP contribution in [0.3, 0.4) is 0 Å². The Hall–Kier alpha value is -3.01. The predicted molar refractivity (Wildman–Crippen MR) is 104 cm³/mol. The lowest BCUT2D eigenvalue weighted by Gasteiger charge is -2.34. The van der Waals surface area contributed by atoms with Crippen LogP contribution in [0.1, 0.15) is 17.3 Å². The highest BCUT2D eigenvalue weighted by atomic mass is 19.1. The smallest absolute Gasteiger partial charge is 0.343 e. The number of carbonyl (C=O) groups excluding carboxylic acids is 2. The van der Waals surface area contributed by atoms with Crippen molar-refractivity contribution in [3.8, 4) is 0 Å². The normalized spacial score (nSPS) is 14.9. The third kappa shape index (κ3) is 3.67. The first-order valence-corrected chi connectivity index (χ1v) is 9.16. The molecule has 0 N–H and O–H groups in total. The summed E-state index contributed by atoms with van der Waals surface area (Å²) >= 11 is 0. The molecule has 156 valence electrons. The number of benzene rings is 1. The molecule has 1 aromatic heterocycles. The van der Waals surface area contributed by atoms with Crippen LogP contribution in [0.4, 0.5) is 14.5 Å². The number of nitrogens with zero attached hydrogens (tertiary/aromatic N) is 4. The van der Waals surface area contributed by atoms with Gasteiger partial charge in [-0.05, 0) is 20.0 Å². The quantitative estimate of drug-likeness (QED) is 0.541. The Balaban J connectivity index is 2.30. The molecule has 10 heteroatoms. The van der Waals surface area contributed by atoms with Crippen LogP contribution in [0.2, 0.25) is 0 Å². The molecule has 0 unspecified atom stereocenters. The zero-order valence-corrected chi connectivity index (χ0v) is 16.4. The van der Waals surface area contributed by atoms with E-state index in [4.69, 9.17) is 4.74 Å². The van der Waals surface area contributed by atoms with E-state index in [-0.39, 0.29) is 23.2 Å². The van der Waals surface area contributed by atoms with E-state index >= 15 is 4.39 Å². The van der Waals surface area contributed by atoms with E-state index in [1.54, 1.807) is 11.8 Å². The fraction of sp³-hybridized carbons (Fsp3) is 0.421. The van der Waals surface area contributed by atoms with E-state index in [1.165, 1.54) is 7.05 Å². The van der Waals surface area contributed by atoms with Gasteiger partial charge in [0.15, 0.2) is 5.82 Å². The third-order valence-electron chi connectivity index (χ3n) is 4.95. The SMILES string of the molecule is CCOC(=O)c1cn(N(C)C=O)c2c(F)c(N3CCN(C)CC3)c(F)cc2c1=O. The van der Waals surface area contributed by atoms with Crippen molar-refractivity contribution in [2.75, 3.05) is 56.8 Å². The lowest BCUT2D eigenvalue weighted by Crippen LogP contribution is -2.45. The van der Waals surface area contributed by atoms with Crippen molar-refractivity contribution in [3.63, 3.8) is 0 Å². The predicted octanol–water partition coefficient (Wildman–Crippen LogP) is 0.932. The van der Waals surface area contributed by atoms with Gasteiger partial charge in [0.25, 0.3) is 0 Å². The number of esters is 1. The highest BCUT2D eigenvalue weighted by Gasteiger charge is 2.27. The van der Waals surface area contributed by atoms with Crippen LogP contribution in [0.5, 0.6) is 0 Å². The maximum Gasteiger partial charge on any atom is 0.343 e. The number of ether oxygens (including phenoxy) is 1. The molecule has 1 amide bonds. The van der Waals surface area contributed by atoms with Crippen LogP contribution in [0, 0.1) is 11.6 Å². The van der Waals surface area contributed by atoms with Crippen LogP contribution in [0.25, 0.3) is 10.9 Å². The Kier molecular flexibility index (Phi) is 5.83. The van der Waals surface area contributed by atoms with Crippen LogP contribution >= 0.6 is 0 Å². The monoisotopic (exact) mass is 408 g/mol. The van der Waals surface area contributed by atoms with Crippen molar-refractivity contribution in [1.29, 1.82) is 0 Å². The fourth-order valence-electron chi connectivity index (χ4n) is 3.36. The molecule has 1 aliphatic rings. The van der Waals surface area contributed by atoms with Gasteiger partial charge in [0.1, 0.15) is 22.6 Å². The molecule has 3 rings (SSSR count). The molecule has 1 saturated heterocycles. The molecule has 0 saturated carbocycles. The second-order valence-electron chi connectivity index (χ2n) is 6.82. The number of rotatable bonds is 5. The largest absolute Gasteiger partial charge is 0.462 e. The van der Waals surface area contributed by atoms with Gasteiger partial charge >= 0.3 is 5.97 Å². The molecule has 0 aliphatic carbocycles. The molecule has 29 heavy (non-hydrogen) atoms. The first-order chi connectivity index (χ1) is 13.8. The molecule has 8 nitrogen and oxygen atoms in total. The van der Waals surface area contributed by atoms with E-state index in [0.717, 1.165) is 21.9 Å². The summed E-state index contributed by atoms with van der Waals surface area (Å²) < 4.78 is 36.3. The summed E-state index contributed by atoms with van der Waals surface area (Å²) in [4.78, 5) is 39.9. The van der Waals surface area contributed by atoms with Crippen molar-refractivity contribution in [3.05, 3.63) is 39.7 Å². The Bertz CT molecular complexity index is 1020. The molecule has 2 aromatic rings. The summed E-state index contributed by atoms with van der Waals surface area (Å²) in [5, 5.41) is 0.608. The molecule has 2 heterocycles. The molecule has 0 radical (unpaired) electrons. The van der Waals surface area contributed by atoms with Gasteiger partial charge in [-0.1, -0.05) is 0 Å². The average Bonchev–Trinajstić information content (AvgIpc) is 2.69. The number of pyridine rings is 1. The van der Waals surface area contributed by atoms with Crippen molar-refractivity contribution in [1.82, 2.24) is 9.58 Å². The highest BCUT2D eigenvalue weighted by molar-refractivity contribution is 5.95. The molecule has 0 spiro atoms. The zero-order chi connectivity index (χ0) is 21.3. The van der Waals surface area contributed by atoms with Gasteiger partial charge in [-0.25, -0.2) is 13.6 Å². The summed E-state index contributed by atoms with van der Waals surface area (Å²) in [6.45, 7) is 3.65. The topological polar surface area (TPSA) is 75.1 Å². The number of amides is 1. The summed E-state index contributed by atoms with van der Waals surface area (Å²) in [7, 11) is 3.24. The van der Waals surface area contributed by atoms with Gasteiger partial charge in [-0.2, -0.15) is 0 Å². The summed E-state index contributed by atoms with van der Waals surface area (Å²) in [6, 6.07) is 0.909. The van der Waals surface area contributed by atoms with E-state index in [0.29, 0.717) is 32.6 Å². The number of hydrogen-bond acceptors (Lipinski definition) is 6. The number of piperazine rings is 1. The number of anilines is 1. The minimum absolute atomic E-state index is 0.0187. The number of carbonyl (C=O) groups is 2. The second kappa shape index (κ2) is 8.16. The van der Waals surface area contributed by atoms with Crippen molar-refractivity contribution >= 4 is 29.0 Å². The maximum atomic E-state index is 15.5. The van der Waals surface area contributed by atoms with Gasteiger partial charge in [0.2, 0.25) is 11.8 Å². The molecule has 1 fully saturated rings. The number of fused-ring (bicyclic) bond motifs is 1. The summed E-state index contributed by atoms with van der Waals surface area (Å²) in [6.07, 6.45) is 1.42. The number of aromatic nitrogens is 1. The van der Waals surface area contributed by atoms with Crippen LogP contribution in [0.15, 0.2) is 17.1 Å². The Morgan fingerprint density at radius 3 is 2.52 bits per heavy atom. The highest BCUT2D eigenvalue weighted by Crippen LogP contribution is 2.30. The Morgan fingerprint density at radius 1 is 1.28 bits per heavy atom. The number of halogens is 2. The van der Waals surface area contributed by atoms with E-state index in [2.05, 4.69) is 0 Å². The average molecular weight is 408 g/mol. The molecule has 0 atom stereocenters. The van der Waals surface area contributed by atoms with Crippen molar-refractivity contribution in [2.24, 2.45) is 0 Å². The lowest BCUT2D eigenvalue weighted by molar-refractivity contribution is -0.108. The summed E-state index contributed by atoms with van der Waals surface area (Å²) in [5.41, 5.74) is -1.83. The first-order valence-electron chi connectivity index (χ1n) is 9.16. The minimum atomic E-state index is -0.967. The molecule has 0 bridgehead atoms. The van der Waals surface area contributed by atoms with E-state index in [9.17, 15) is 18.8 Å². The molecule has 1 aliphatic heterocycles. The van der Waals surface area contributed by atoms with Crippen molar-refractivity contribution < 1.29 is 23.1 Å². The van der Waals surface area contributed by atoms with E-state index < -0.39 is 28.6 Å². The third-order valence-corrected chi connectivity index (χ3v) is 4.95. The van der Waals surface area contributed by atoms with Crippen LogP contribution in [-0.2, 0) is 9.53 Å². The minimum Gasteiger partial charge on any atom is -0.462 e. The van der Waals surface area contributed by atoms with Crippen molar-refractivity contribution in [2.45, 2.75) is 6.92 Å². The molecular weight excluding hydrogens is 386 g/mol. The number of likely N-dealkylation sites (N-methyl/N-ethyl adjacent to an activating group) is 1. The Morgan fingerprint density at radius 2 is 1.93 bits per heavy atom. The fourth-order valence-corrected chi connectivity index (χ4v) is 3.36. The van der Waals surface area contributed by atoms with Gasteiger partial charge in [0.05, 0.1) is 12.0 Å². The van der Waals surface area contributed by atoms with E-state index in [1.807, 2.05) is 11.9 Å². The first kappa shape index (κ1) is 20.7. The molecular formula is C19H22F2N4O4. The zero-order valence-electron chi connectivity index (χ0n) is 16.4. The number of hydrogen-bond donors (Lipinski definition) is 0. The van der Waals surface area contributed by atoms with Crippen LogP contribution < -0.4 is 15.3 Å². The molecule has 1 aromatic carbocycles. The standard InChI is InChI=1S/C19H22F2N4O4/c1-4-29-19(28)13-10-25(23(3)11-26)16-12(18(13)27)9-14(20)17(15(16)21)24-7-5-22(2)6-8-24/h9-11H,4-8H2,1-3H3. The summed E-state index contributed by atoms with van der Waals surface area (Å²) in [5.74, 6) is -2.81. The van der Waals surface area contributed by atoms with Gasteiger partial charge < -0.3 is 14.5 Å². The Labute approximate surface area is 165 Å². The van der Waals surface area contributed by atoms with Gasteiger partial charge in [0, 0.05) is 39.4 Å². The lowest BCUT2D eigenvalue weighted by atomic mass is 10.1. The maximum absolute atomic E-state index is 15.5. The van der Waals surface area contributed by atoms with Gasteiger partial charge in [-0.3, -0.25) is 19.3 Å². The second-order valence-corrected chi connectivity index (χ2v) is 6.82. The van der Waals surface area contributed by atoms with Crippen LogP contribution in [-0.4, -0.2) is 68.8 Å².